The largest absolute Gasteiger partial charge is 0.311 e. The summed E-state index contributed by atoms with van der Waals surface area (Å²) in [5, 5.41) is 11.0. The quantitative estimate of drug-likeness (QED) is 0.575. The Labute approximate surface area is 112 Å². The summed E-state index contributed by atoms with van der Waals surface area (Å²) in [4.78, 5) is 0. The highest BCUT2D eigenvalue weighted by molar-refractivity contribution is 6.01. The Kier molecular flexibility index (Phi) is 5.57. The van der Waals surface area contributed by atoms with Crippen molar-refractivity contribution in [2.75, 3.05) is 7.05 Å². The van der Waals surface area contributed by atoms with Gasteiger partial charge in [0, 0.05) is 6.07 Å². The predicted molar refractivity (Wildman–Crippen MR) is 74.6 cm³/mol. The van der Waals surface area contributed by atoms with Gasteiger partial charge in [0.15, 0.2) is 0 Å². The topological polar surface area (TPSA) is 35.9 Å². The van der Waals surface area contributed by atoms with E-state index < -0.39 is 11.6 Å². The number of benzene rings is 1. The average Bonchev–Trinajstić information content (AvgIpc) is 2.34. The highest BCUT2D eigenvalue weighted by Gasteiger charge is 2.16. The van der Waals surface area contributed by atoms with Gasteiger partial charge in [0.1, 0.15) is 11.6 Å². The molecule has 0 aliphatic carbocycles. The summed E-state index contributed by atoms with van der Waals surface area (Å²) in [6.07, 6.45) is 2.53. The zero-order valence-corrected chi connectivity index (χ0v) is 11.0. The molecule has 2 nitrogen and oxygen atoms in total. The first-order valence-corrected chi connectivity index (χ1v) is 5.97. The summed E-state index contributed by atoms with van der Waals surface area (Å²) >= 11 is 0. The lowest BCUT2D eigenvalue weighted by atomic mass is 9.96. The lowest BCUT2D eigenvalue weighted by Gasteiger charge is -2.18. The molecular weight excluding hydrogens is 246 g/mol. The monoisotopic (exact) mass is 264 g/mol. The first-order valence-electron chi connectivity index (χ1n) is 5.97. The van der Waals surface area contributed by atoms with Gasteiger partial charge in [0.05, 0.1) is 11.8 Å². The van der Waals surface area contributed by atoms with Crippen molar-refractivity contribution in [2.24, 2.45) is 0 Å². The summed E-state index contributed by atoms with van der Waals surface area (Å²) in [7, 11) is 1.70. The van der Waals surface area contributed by atoms with Crippen molar-refractivity contribution in [2.45, 2.75) is 18.9 Å². The molecule has 1 aromatic rings. The number of halogens is 2. The van der Waals surface area contributed by atoms with Crippen molar-refractivity contribution in [3.05, 3.63) is 60.2 Å². The minimum Gasteiger partial charge on any atom is -0.311 e. The summed E-state index contributed by atoms with van der Waals surface area (Å²) in [5.41, 5.74) is 1.48. The minimum atomic E-state index is -0.610. The van der Waals surface area contributed by atoms with Gasteiger partial charge in [-0.15, -0.1) is 6.58 Å². The van der Waals surface area contributed by atoms with Crippen LogP contribution in [0.5, 0.6) is 0 Å². The van der Waals surface area contributed by atoms with Crippen molar-refractivity contribution in [1.82, 2.24) is 5.32 Å². The van der Waals surface area contributed by atoms with E-state index in [-0.39, 0.29) is 6.04 Å². The number of nitrogens with one attached hydrogen (secondary N) is 2. The SMILES string of the molecule is C=CCC(=C)C(=N)C(Cc1cc(F)cc(F)c1)NC. The highest BCUT2D eigenvalue weighted by atomic mass is 19.1. The van der Waals surface area contributed by atoms with E-state index in [9.17, 15) is 8.78 Å². The molecular formula is C15H18F2N2. The Bertz CT molecular complexity index is 475. The van der Waals surface area contributed by atoms with Gasteiger partial charge in [-0.1, -0.05) is 12.7 Å². The van der Waals surface area contributed by atoms with Crippen LogP contribution in [-0.4, -0.2) is 18.8 Å². The first kappa shape index (κ1) is 15.2. The fourth-order valence-electron chi connectivity index (χ4n) is 1.84. The molecule has 0 aliphatic heterocycles. The molecule has 19 heavy (non-hydrogen) atoms. The third-order valence-electron chi connectivity index (χ3n) is 2.83. The van der Waals surface area contributed by atoms with Gasteiger partial charge in [-0.2, -0.15) is 0 Å². The molecule has 1 aromatic carbocycles. The van der Waals surface area contributed by atoms with Gasteiger partial charge in [-0.25, -0.2) is 8.78 Å². The van der Waals surface area contributed by atoms with Crippen molar-refractivity contribution in [3.8, 4) is 0 Å². The molecule has 0 aliphatic rings. The second kappa shape index (κ2) is 6.95. The maximum Gasteiger partial charge on any atom is 0.126 e. The molecule has 1 unspecified atom stereocenters. The molecule has 0 amide bonds. The molecule has 1 rings (SSSR count). The predicted octanol–water partition coefficient (Wildman–Crippen LogP) is 3.25. The van der Waals surface area contributed by atoms with E-state index in [0.29, 0.717) is 29.7 Å². The van der Waals surface area contributed by atoms with Gasteiger partial charge in [-0.3, -0.25) is 0 Å². The Morgan fingerprint density at radius 3 is 2.42 bits per heavy atom. The average molecular weight is 264 g/mol. The number of allylic oxidation sites excluding steroid dienone is 1. The van der Waals surface area contributed by atoms with Crippen LogP contribution in [0.25, 0.3) is 0 Å². The fourth-order valence-corrected chi connectivity index (χ4v) is 1.84. The molecule has 1 atom stereocenters. The summed E-state index contributed by atoms with van der Waals surface area (Å²) < 4.78 is 26.2. The number of hydrogen-bond acceptors (Lipinski definition) is 2. The third kappa shape index (κ3) is 4.41. The molecule has 0 saturated carbocycles. The molecule has 2 N–H and O–H groups in total. The molecule has 0 heterocycles. The lowest BCUT2D eigenvalue weighted by molar-refractivity contribution is 0.576. The fraction of sp³-hybridized carbons (Fsp3) is 0.267. The molecule has 4 heteroatoms. The van der Waals surface area contributed by atoms with Gasteiger partial charge in [-0.05, 0) is 43.2 Å². The van der Waals surface area contributed by atoms with E-state index in [1.807, 2.05) is 0 Å². The second-order valence-corrected chi connectivity index (χ2v) is 4.33. The van der Waals surface area contributed by atoms with E-state index in [0.717, 1.165) is 6.07 Å². The van der Waals surface area contributed by atoms with Crippen LogP contribution in [0.1, 0.15) is 12.0 Å². The van der Waals surface area contributed by atoms with Crippen LogP contribution in [-0.2, 0) is 6.42 Å². The summed E-state index contributed by atoms with van der Waals surface area (Å²) in [6, 6.07) is 3.06. The van der Waals surface area contributed by atoms with Crippen LogP contribution in [0, 0.1) is 17.0 Å². The number of rotatable bonds is 7. The zero-order valence-electron chi connectivity index (χ0n) is 11.0. The van der Waals surface area contributed by atoms with Crippen molar-refractivity contribution in [3.63, 3.8) is 0 Å². The smallest absolute Gasteiger partial charge is 0.126 e. The first-order chi connectivity index (χ1) is 8.97. The highest BCUT2D eigenvalue weighted by Crippen LogP contribution is 2.13. The Hall–Kier alpha value is -1.81. The van der Waals surface area contributed by atoms with E-state index in [1.54, 1.807) is 13.1 Å². The number of hydrogen-bond donors (Lipinski definition) is 2. The number of likely N-dealkylation sites (N-methyl/N-ethyl adjacent to an activating group) is 1. The van der Waals surface area contributed by atoms with Crippen molar-refractivity contribution < 1.29 is 8.78 Å². The van der Waals surface area contributed by atoms with Crippen LogP contribution < -0.4 is 5.32 Å². The summed E-state index contributed by atoms with van der Waals surface area (Å²) in [6.45, 7) is 7.40. The van der Waals surface area contributed by atoms with E-state index in [2.05, 4.69) is 18.5 Å². The molecule has 102 valence electrons. The van der Waals surface area contributed by atoms with Gasteiger partial charge in [0.25, 0.3) is 0 Å². The van der Waals surface area contributed by atoms with E-state index in [4.69, 9.17) is 5.41 Å². The van der Waals surface area contributed by atoms with Gasteiger partial charge >= 0.3 is 0 Å². The molecule has 0 spiro atoms. The molecule has 0 bridgehead atoms. The normalized spacial score (nSPS) is 11.9. The van der Waals surface area contributed by atoms with Gasteiger partial charge < -0.3 is 10.7 Å². The van der Waals surface area contributed by atoms with E-state index in [1.165, 1.54) is 12.1 Å². The van der Waals surface area contributed by atoms with E-state index >= 15 is 0 Å². The van der Waals surface area contributed by atoms with Crippen LogP contribution in [0.4, 0.5) is 8.78 Å². The van der Waals surface area contributed by atoms with Crippen molar-refractivity contribution in [1.29, 1.82) is 5.41 Å². The molecule has 0 aromatic heterocycles. The van der Waals surface area contributed by atoms with Crippen molar-refractivity contribution >= 4 is 5.71 Å². The minimum absolute atomic E-state index is 0.325. The Balaban J connectivity index is 2.84. The molecule has 0 saturated heterocycles. The third-order valence-corrected chi connectivity index (χ3v) is 2.83. The standard InChI is InChI=1S/C15H18F2N2/c1-4-5-10(2)15(18)14(19-3)8-11-6-12(16)9-13(17)7-11/h4,6-7,9,14,18-19H,1-2,5,8H2,3H3. The Morgan fingerprint density at radius 2 is 1.95 bits per heavy atom. The summed E-state index contributed by atoms with van der Waals surface area (Å²) in [5.74, 6) is -1.22. The van der Waals surface area contributed by atoms with Crippen LogP contribution in [0.2, 0.25) is 0 Å². The van der Waals surface area contributed by atoms with Gasteiger partial charge in [0.2, 0.25) is 0 Å². The van der Waals surface area contributed by atoms with Crippen LogP contribution in [0.15, 0.2) is 43.0 Å². The Morgan fingerprint density at radius 1 is 1.37 bits per heavy atom. The van der Waals surface area contributed by atoms with Crippen LogP contribution >= 0.6 is 0 Å². The molecule has 0 radical (unpaired) electrons. The lowest BCUT2D eigenvalue weighted by Crippen LogP contribution is -2.36. The second-order valence-electron chi connectivity index (χ2n) is 4.33. The molecule has 0 fully saturated rings. The van der Waals surface area contributed by atoms with Crippen LogP contribution in [0.3, 0.4) is 0 Å². The zero-order chi connectivity index (χ0) is 14.4. The maximum atomic E-state index is 13.1. The maximum absolute atomic E-state index is 13.1.